The van der Waals surface area contributed by atoms with Crippen molar-refractivity contribution in [2.24, 2.45) is 0 Å². The summed E-state index contributed by atoms with van der Waals surface area (Å²) in [4.78, 5) is 70.9. The third-order valence-electron chi connectivity index (χ3n) is 15.6. The number of nitrogens with zero attached hydrogens (tertiary/aromatic N) is 10. The van der Waals surface area contributed by atoms with Crippen LogP contribution in [-0.2, 0) is 20.0 Å². The summed E-state index contributed by atoms with van der Waals surface area (Å²) in [6.45, 7) is 1.77. The number of anilines is 2. The van der Waals surface area contributed by atoms with Gasteiger partial charge in [0.05, 0.1) is 68.4 Å². The van der Waals surface area contributed by atoms with Crippen molar-refractivity contribution in [1.29, 1.82) is 0 Å². The second-order valence-electron chi connectivity index (χ2n) is 21.0. The Morgan fingerprint density at radius 2 is 0.989 bits per heavy atom. The van der Waals surface area contributed by atoms with E-state index < -0.39 is 43.0 Å². The van der Waals surface area contributed by atoms with Crippen LogP contribution in [0, 0.1) is 18.6 Å². The van der Waals surface area contributed by atoms with Crippen molar-refractivity contribution in [2.75, 3.05) is 49.3 Å². The molecule has 0 fully saturated rings. The summed E-state index contributed by atoms with van der Waals surface area (Å²) in [6.07, 6.45) is 8.33. The van der Waals surface area contributed by atoms with Crippen LogP contribution in [0.2, 0.25) is 0 Å². The summed E-state index contributed by atoms with van der Waals surface area (Å²) in [5, 5.41) is 6.69. The third kappa shape index (κ3) is 9.51. The number of sulfonamides is 2. The predicted octanol–water partition coefficient (Wildman–Crippen LogP) is 9.30. The smallest absolute Gasteiger partial charge is 0.257 e. The van der Waals surface area contributed by atoms with Gasteiger partial charge in [-0.3, -0.25) is 45.7 Å². The molecule has 26 heteroatoms. The molecule has 89 heavy (non-hydrogen) atoms. The molecule has 0 unspecified atom stereocenters. The summed E-state index contributed by atoms with van der Waals surface area (Å²) in [7, 11) is -1.82. The Hall–Kier alpha value is -11.1. The van der Waals surface area contributed by atoms with Crippen molar-refractivity contribution in [1.82, 2.24) is 48.5 Å². The molecule has 2 N–H and O–H groups in total. The number of hydrogen-bond acceptors (Lipinski definition) is 14. The summed E-state index contributed by atoms with van der Waals surface area (Å²) >= 11 is 0. The molecular formula is C63H48F2N12O10S2. The summed E-state index contributed by atoms with van der Waals surface area (Å²) in [5.74, 6) is -1.82. The summed E-state index contributed by atoms with van der Waals surface area (Å²) in [5.41, 5.74) is 6.85. The zero-order valence-electron chi connectivity index (χ0n) is 48.1. The average Bonchev–Trinajstić information content (AvgIpc) is 1.73. The van der Waals surface area contributed by atoms with Gasteiger partial charge in [0.1, 0.15) is 57.6 Å². The molecule has 0 spiro atoms. The Morgan fingerprint density at radius 1 is 0.528 bits per heavy atom. The normalized spacial score (nSPS) is 12.0. The highest BCUT2D eigenvalue weighted by molar-refractivity contribution is 7.92. The molecule has 14 rings (SSSR count). The molecule has 446 valence electrons. The van der Waals surface area contributed by atoms with Gasteiger partial charge in [0, 0.05) is 97.5 Å². The molecule has 22 nitrogen and oxygen atoms in total. The van der Waals surface area contributed by atoms with E-state index in [9.17, 15) is 44.8 Å². The van der Waals surface area contributed by atoms with E-state index >= 15 is 0 Å². The first kappa shape index (κ1) is 57.0. The molecule has 4 aromatic carbocycles. The number of rotatable bonds is 10. The standard InChI is InChI=1S/C32H25FN6O5S.C31H23FN6O5S/c1-17-10-11-38(28(40)12-17)32-29(31(41)34-2)20-13-19(25(15-27(20)44-32)37(3)45(4,42)43)22-8-9-23-30(36-22)26-14-18-21(33)6-5-7-24(18)39(26)16-35-23;1-33-30(40)28-19-13-18(24(36(2)44(3,41)42)15-26(19)43-31(28)37-12-5-4-9-27(37)39)21-10-11-22-29(35-21)25-14-17-20(32)7-6-8-23(17)38(25)16-34-22/h5-16H,1-4H3,(H,34,41);4-16H,1-3H3,(H,33,40). The van der Waals surface area contributed by atoms with Crippen molar-refractivity contribution >= 4 is 120 Å². The van der Waals surface area contributed by atoms with Gasteiger partial charge in [0.2, 0.25) is 31.8 Å². The van der Waals surface area contributed by atoms with E-state index in [1.165, 1.54) is 86.1 Å². The lowest BCUT2D eigenvalue weighted by atomic mass is 10.0. The zero-order valence-corrected chi connectivity index (χ0v) is 49.7. The molecule has 0 radical (unpaired) electrons. The molecule has 10 aromatic heterocycles. The van der Waals surface area contributed by atoms with Crippen LogP contribution < -0.4 is 30.4 Å². The first-order valence-corrected chi connectivity index (χ1v) is 30.8. The lowest BCUT2D eigenvalue weighted by Gasteiger charge is -2.20. The van der Waals surface area contributed by atoms with Crippen molar-refractivity contribution < 1.29 is 44.0 Å². The molecule has 0 aliphatic heterocycles. The Morgan fingerprint density at radius 3 is 1.42 bits per heavy atom. The Kier molecular flexibility index (Phi) is 13.5. The monoisotopic (exact) mass is 1230 g/mol. The number of nitrogens with one attached hydrogen (secondary N) is 2. The molecule has 0 aliphatic rings. The van der Waals surface area contributed by atoms with E-state index in [2.05, 4.69) is 20.6 Å². The van der Waals surface area contributed by atoms with Gasteiger partial charge in [-0.2, -0.15) is 0 Å². The summed E-state index contributed by atoms with van der Waals surface area (Å²) in [6, 6.07) is 33.7. The van der Waals surface area contributed by atoms with Crippen LogP contribution in [0.5, 0.6) is 0 Å². The van der Waals surface area contributed by atoms with E-state index in [0.717, 1.165) is 26.7 Å². The highest BCUT2D eigenvalue weighted by atomic mass is 32.2. The molecule has 10 heterocycles. The van der Waals surface area contributed by atoms with E-state index in [1.54, 1.807) is 119 Å². The number of pyridine rings is 4. The van der Waals surface area contributed by atoms with Crippen LogP contribution in [-0.4, -0.2) is 107 Å². The number of aryl methyl sites for hydroxylation is 1. The van der Waals surface area contributed by atoms with Gasteiger partial charge in [-0.15, -0.1) is 0 Å². The SMILES string of the molecule is CNC(=O)c1c(-n2ccc(C)cc2=O)oc2cc(N(C)S(C)(=O)=O)c(-c3ccc4ncn5c6cccc(F)c6cc5c4n3)cc12.CNC(=O)c1c(-n2ccccc2=O)oc2cc(N(C)S(C)(=O)=O)c(-c3ccc4ncn5c6cccc(F)c6cc5c4n3)cc12. The number of hydrogen-bond donors (Lipinski definition) is 2. The van der Waals surface area contributed by atoms with Crippen molar-refractivity contribution in [2.45, 2.75) is 6.92 Å². The summed E-state index contributed by atoms with van der Waals surface area (Å²) < 4.78 is 101. The molecule has 0 aliphatic carbocycles. The fraction of sp³-hybridized carbons (Fsp3) is 0.111. The maximum atomic E-state index is 14.7. The molecule has 0 bridgehead atoms. The number of carbonyl (C=O) groups is 2. The Labute approximate surface area is 502 Å². The molecule has 14 aromatic rings. The highest BCUT2D eigenvalue weighted by Crippen LogP contribution is 2.42. The molecule has 0 saturated heterocycles. The number of carbonyl (C=O) groups excluding carboxylic acids is 2. The van der Waals surface area contributed by atoms with Gasteiger partial charge in [-0.25, -0.2) is 45.6 Å². The maximum Gasteiger partial charge on any atom is 0.257 e. The molecule has 0 saturated carbocycles. The van der Waals surface area contributed by atoms with Crippen LogP contribution >= 0.6 is 0 Å². The minimum Gasteiger partial charge on any atom is -0.439 e. The fourth-order valence-electron chi connectivity index (χ4n) is 11.0. The van der Waals surface area contributed by atoms with Crippen LogP contribution in [0.4, 0.5) is 20.2 Å². The molecular weight excluding hydrogens is 1190 g/mol. The third-order valence-corrected chi connectivity index (χ3v) is 17.9. The highest BCUT2D eigenvalue weighted by Gasteiger charge is 2.30. The van der Waals surface area contributed by atoms with Crippen LogP contribution in [0.15, 0.2) is 171 Å². The van der Waals surface area contributed by atoms with Crippen LogP contribution in [0.3, 0.4) is 0 Å². The fourth-order valence-corrected chi connectivity index (χ4v) is 12.0. The van der Waals surface area contributed by atoms with Crippen molar-refractivity contribution in [3.05, 3.63) is 201 Å². The first-order valence-electron chi connectivity index (χ1n) is 27.1. The van der Waals surface area contributed by atoms with E-state index in [1.807, 2.05) is 0 Å². The Bertz CT molecular complexity index is 5760. The average molecular weight is 1240 g/mol. The van der Waals surface area contributed by atoms with Crippen LogP contribution in [0.1, 0.15) is 26.3 Å². The number of benzene rings is 4. The van der Waals surface area contributed by atoms with Gasteiger partial charge in [-0.05, 0) is 97.4 Å². The zero-order chi connectivity index (χ0) is 62.7. The van der Waals surface area contributed by atoms with Crippen molar-refractivity contribution in [3.63, 3.8) is 0 Å². The lowest BCUT2D eigenvalue weighted by molar-refractivity contribution is 0.0955. The number of amides is 2. The van der Waals surface area contributed by atoms with Gasteiger partial charge < -0.3 is 19.5 Å². The Balaban J connectivity index is 0.000000164. The second-order valence-corrected chi connectivity index (χ2v) is 25.0. The van der Waals surface area contributed by atoms with E-state index in [4.69, 9.17) is 18.8 Å². The first-order chi connectivity index (χ1) is 42.5. The largest absolute Gasteiger partial charge is 0.439 e. The molecule has 2 amide bonds. The number of fused-ring (bicyclic) bond motifs is 12. The van der Waals surface area contributed by atoms with Gasteiger partial charge in [0.15, 0.2) is 0 Å². The number of halogens is 2. The van der Waals surface area contributed by atoms with E-state index in [-0.39, 0.29) is 57.1 Å². The minimum atomic E-state index is -3.77. The topological polar surface area (TPSA) is 264 Å². The van der Waals surface area contributed by atoms with Crippen LogP contribution in [0.25, 0.3) is 111 Å². The quantitative estimate of drug-likeness (QED) is 0.129. The number of aromatic nitrogens is 8. The minimum absolute atomic E-state index is 0.0151. The number of furan rings is 2. The molecule has 0 atom stereocenters. The maximum absolute atomic E-state index is 14.7. The van der Waals surface area contributed by atoms with Gasteiger partial charge in [-0.1, -0.05) is 18.2 Å². The van der Waals surface area contributed by atoms with Gasteiger partial charge in [0.25, 0.3) is 22.9 Å². The van der Waals surface area contributed by atoms with Gasteiger partial charge >= 0.3 is 0 Å². The van der Waals surface area contributed by atoms with E-state index in [0.29, 0.717) is 88.2 Å². The van der Waals surface area contributed by atoms with Crippen molar-refractivity contribution in [3.8, 4) is 34.3 Å². The second kappa shape index (κ2) is 21.1. The predicted molar refractivity (Wildman–Crippen MR) is 336 cm³/mol. The lowest BCUT2D eigenvalue weighted by Crippen LogP contribution is -2.25.